The molecule has 1 heterocycles. The van der Waals surface area contributed by atoms with Crippen molar-refractivity contribution in [1.82, 2.24) is 5.32 Å². The van der Waals surface area contributed by atoms with Crippen LogP contribution in [-0.2, 0) is 0 Å². The summed E-state index contributed by atoms with van der Waals surface area (Å²) in [6.45, 7) is 4.88. The summed E-state index contributed by atoms with van der Waals surface area (Å²) >= 11 is 2.13. The third-order valence-electron chi connectivity index (χ3n) is 5.26. The lowest BCUT2D eigenvalue weighted by molar-refractivity contribution is 0.219. The van der Waals surface area contributed by atoms with Crippen LogP contribution in [0.2, 0.25) is 0 Å². The second-order valence-corrected chi connectivity index (χ2v) is 7.90. The van der Waals surface area contributed by atoms with Crippen LogP contribution >= 0.6 is 11.8 Å². The van der Waals surface area contributed by atoms with Crippen LogP contribution in [0.5, 0.6) is 0 Å². The molecule has 102 valence electrons. The highest BCUT2D eigenvalue weighted by Gasteiger charge is 2.34. The molecule has 2 heteroatoms. The van der Waals surface area contributed by atoms with Crippen molar-refractivity contribution < 1.29 is 0 Å². The van der Waals surface area contributed by atoms with E-state index in [0.29, 0.717) is 0 Å². The number of nitrogens with one attached hydrogen (secondary N) is 1. The van der Waals surface area contributed by atoms with Crippen molar-refractivity contribution in [3.63, 3.8) is 0 Å². The minimum absolute atomic E-state index is 0.773. The first kappa shape index (κ1) is 12.9. The summed E-state index contributed by atoms with van der Waals surface area (Å²) in [6.07, 6.45) is 9.93. The van der Waals surface area contributed by atoms with Gasteiger partial charge in [-0.05, 0) is 42.9 Å². The molecule has 0 aromatic carbocycles. The van der Waals surface area contributed by atoms with E-state index in [1.54, 1.807) is 5.70 Å². The van der Waals surface area contributed by atoms with Crippen molar-refractivity contribution >= 4 is 11.8 Å². The molecule has 2 aliphatic carbocycles. The predicted molar refractivity (Wildman–Crippen MR) is 80.5 cm³/mol. The van der Waals surface area contributed by atoms with Gasteiger partial charge in [0, 0.05) is 22.9 Å². The highest BCUT2D eigenvalue weighted by molar-refractivity contribution is 8.02. The molecule has 0 aromatic rings. The summed E-state index contributed by atoms with van der Waals surface area (Å²) in [4.78, 5) is 0. The molecule has 0 bridgehead atoms. The minimum Gasteiger partial charge on any atom is -0.384 e. The maximum Gasteiger partial charge on any atom is 0.0380 e. The molecule has 1 N–H and O–H groups in total. The van der Waals surface area contributed by atoms with Crippen molar-refractivity contribution in [2.75, 3.05) is 0 Å². The fraction of sp³-hybridized carbons (Fsp3) is 0.875. The van der Waals surface area contributed by atoms with Gasteiger partial charge in [-0.15, -0.1) is 11.8 Å². The standard InChI is InChI=1S/C16H27NS/c1-11-7-8-13(12(2)9-11)15-10-18-16-6-4-3-5-14(16)17-15/h10-14,16-17H,3-9H2,1-2H3. The second kappa shape index (κ2) is 5.48. The molecule has 1 aliphatic heterocycles. The summed E-state index contributed by atoms with van der Waals surface area (Å²) < 4.78 is 0. The van der Waals surface area contributed by atoms with E-state index in [0.717, 1.165) is 29.0 Å². The lowest BCUT2D eigenvalue weighted by Gasteiger charge is -2.41. The predicted octanol–water partition coefficient (Wildman–Crippen LogP) is 4.55. The Bertz CT molecular complexity index is 325. The van der Waals surface area contributed by atoms with E-state index in [1.165, 1.54) is 44.9 Å². The summed E-state index contributed by atoms with van der Waals surface area (Å²) in [5.74, 6) is 2.63. The zero-order chi connectivity index (χ0) is 12.5. The van der Waals surface area contributed by atoms with Gasteiger partial charge in [-0.3, -0.25) is 0 Å². The van der Waals surface area contributed by atoms with E-state index in [9.17, 15) is 0 Å². The normalized spacial score (nSPS) is 44.8. The smallest absolute Gasteiger partial charge is 0.0380 e. The number of rotatable bonds is 1. The Hall–Kier alpha value is -0.110. The molecular formula is C16H27NS. The number of thioether (sulfide) groups is 1. The lowest BCUT2D eigenvalue weighted by Crippen LogP contribution is -2.44. The van der Waals surface area contributed by atoms with Gasteiger partial charge in [0.1, 0.15) is 0 Å². The van der Waals surface area contributed by atoms with E-state index < -0.39 is 0 Å². The number of allylic oxidation sites excluding steroid dienone is 1. The Morgan fingerprint density at radius 1 is 1.11 bits per heavy atom. The van der Waals surface area contributed by atoms with Crippen LogP contribution in [0.4, 0.5) is 0 Å². The third kappa shape index (κ3) is 2.59. The average molecular weight is 265 g/mol. The SMILES string of the molecule is CC1CCC(C2=CSC3CCCCC3N2)C(C)C1. The van der Waals surface area contributed by atoms with Gasteiger partial charge in [-0.25, -0.2) is 0 Å². The number of fused-ring (bicyclic) bond motifs is 1. The van der Waals surface area contributed by atoms with Crippen LogP contribution in [0.25, 0.3) is 0 Å². The maximum absolute atomic E-state index is 3.91. The van der Waals surface area contributed by atoms with E-state index in [4.69, 9.17) is 0 Å². The van der Waals surface area contributed by atoms with E-state index in [2.05, 4.69) is 36.3 Å². The van der Waals surface area contributed by atoms with Crippen LogP contribution in [0.3, 0.4) is 0 Å². The van der Waals surface area contributed by atoms with Crippen LogP contribution < -0.4 is 5.32 Å². The van der Waals surface area contributed by atoms with Crippen LogP contribution in [-0.4, -0.2) is 11.3 Å². The van der Waals surface area contributed by atoms with Crippen LogP contribution in [0, 0.1) is 17.8 Å². The van der Waals surface area contributed by atoms with Gasteiger partial charge < -0.3 is 5.32 Å². The Morgan fingerprint density at radius 3 is 2.78 bits per heavy atom. The molecule has 5 unspecified atom stereocenters. The highest BCUT2D eigenvalue weighted by Crippen LogP contribution is 2.41. The van der Waals surface area contributed by atoms with E-state index >= 15 is 0 Å². The fourth-order valence-electron chi connectivity index (χ4n) is 4.16. The van der Waals surface area contributed by atoms with Crippen molar-refractivity contribution in [3.8, 4) is 0 Å². The Kier molecular flexibility index (Phi) is 3.93. The van der Waals surface area contributed by atoms with Gasteiger partial charge in [0.2, 0.25) is 0 Å². The molecule has 0 amide bonds. The molecule has 18 heavy (non-hydrogen) atoms. The fourth-order valence-corrected chi connectivity index (χ4v) is 5.42. The largest absolute Gasteiger partial charge is 0.384 e. The van der Waals surface area contributed by atoms with Gasteiger partial charge in [-0.1, -0.05) is 33.1 Å². The first-order valence-corrected chi connectivity index (χ1v) is 8.80. The molecule has 0 spiro atoms. The van der Waals surface area contributed by atoms with Gasteiger partial charge >= 0.3 is 0 Å². The molecule has 0 saturated heterocycles. The highest BCUT2D eigenvalue weighted by atomic mass is 32.2. The maximum atomic E-state index is 3.91. The summed E-state index contributed by atoms with van der Waals surface area (Å²) in [5, 5.41) is 7.25. The first-order chi connectivity index (χ1) is 8.74. The van der Waals surface area contributed by atoms with Gasteiger partial charge in [0.15, 0.2) is 0 Å². The average Bonchev–Trinajstić information content (AvgIpc) is 2.38. The lowest BCUT2D eigenvalue weighted by atomic mass is 9.74. The molecule has 2 fully saturated rings. The Balaban J connectivity index is 1.67. The molecule has 3 aliphatic rings. The minimum atomic E-state index is 0.773. The van der Waals surface area contributed by atoms with Crippen LogP contribution in [0.15, 0.2) is 11.1 Å². The molecule has 0 radical (unpaired) electrons. The molecule has 5 atom stereocenters. The monoisotopic (exact) mass is 265 g/mol. The summed E-state index contributed by atoms with van der Waals surface area (Å²) in [7, 11) is 0. The summed E-state index contributed by atoms with van der Waals surface area (Å²) in [6, 6.07) is 0.773. The van der Waals surface area contributed by atoms with Crippen molar-refractivity contribution in [2.45, 2.75) is 70.1 Å². The van der Waals surface area contributed by atoms with Crippen molar-refractivity contribution in [3.05, 3.63) is 11.1 Å². The summed E-state index contributed by atoms with van der Waals surface area (Å²) in [5.41, 5.74) is 1.59. The Morgan fingerprint density at radius 2 is 1.94 bits per heavy atom. The van der Waals surface area contributed by atoms with Gasteiger partial charge in [0.05, 0.1) is 0 Å². The van der Waals surface area contributed by atoms with Gasteiger partial charge in [0.25, 0.3) is 0 Å². The third-order valence-corrected chi connectivity index (χ3v) is 6.56. The number of hydrogen-bond donors (Lipinski definition) is 1. The van der Waals surface area contributed by atoms with E-state index in [-0.39, 0.29) is 0 Å². The first-order valence-electron chi connectivity index (χ1n) is 7.86. The number of hydrogen-bond acceptors (Lipinski definition) is 2. The topological polar surface area (TPSA) is 12.0 Å². The molecule has 2 saturated carbocycles. The molecular weight excluding hydrogens is 238 g/mol. The zero-order valence-electron chi connectivity index (χ0n) is 11.8. The molecule has 3 rings (SSSR count). The molecule has 0 aromatic heterocycles. The van der Waals surface area contributed by atoms with Gasteiger partial charge in [-0.2, -0.15) is 0 Å². The van der Waals surface area contributed by atoms with Crippen LogP contribution in [0.1, 0.15) is 58.8 Å². The quantitative estimate of drug-likeness (QED) is 0.746. The molecule has 1 nitrogen and oxygen atoms in total. The second-order valence-electron chi connectivity index (χ2n) is 6.79. The van der Waals surface area contributed by atoms with E-state index in [1.807, 2.05) is 0 Å². The zero-order valence-corrected chi connectivity index (χ0v) is 12.6. The van der Waals surface area contributed by atoms with Crippen molar-refractivity contribution in [2.24, 2.45) is 17.8 Å². The van der Waals surface area contributed by atoms with Crippen molar-refractivity contribution in [1.29, 1.82) is 0 Å². The Labute approximate surface area is 116 Å².